The second-order valence-electron chi connectivity index (χ2n) is 8.88. The Labute approximate surface area is 181 Å². The van der Waals surface area contributed by atoms with Gasteiger partial charge in [-0.1, -0.05) is 25.8 Å². The second kappa shape index (κ2) is 8.92. The van der Waals surface area contributed by atoms with Crippen LogP contribution >= 0.6 is 0 Å². The van der Waals surface area contributed by atoms with Gasteiger partial charge in [0.25, 0.3) is 5.91 Å². The van der Waals surface area contributed by atoms with Gasteiger partial charge in [0.2, 0.25) is 5.91 Å². The summed E-state index contributed by atoms with van der Waals surface area (Å²) in [6, 6.07) is 5.52. The Kier molecular flexibility index (Phi) is 6.24. The Morgan fingerprint density at radius 2 is 1.94 bits per heavy atom. The smallest absolute Gasteiger partial charge is 0.325 e. The monoisotopic (exact) mass is 431 g/mol. The fraction of sp³-hybridized carbons (Fsp3) is 0.591. The fourth-order valence-electron chi connectivity index (χ4n) is 4.88. The van der Waals surface area contributed by atoms with Crippen LogP contribution in [0, 0.1) is 11.7 Å². The minimum Gasteiger partial charge on any atom is -0.325 e. The fourth-order valence-corrected chi connectivity index (χ4v) is 4.88. The molecular weight excluding hydrogens is 401 g/mol. The molecule has 2 N–H and O–H groups in total. The molecule has 3 fully saturated rings. The molecule has 2 atom stereocenters. The van der Waals surface area contributed by atoms with E-state index in [1.807, 2.05) is 4.90 Å². The van der Waals surface area contributed by atoms with Crippen molar-refractivity contribution in [2.24, 2.45) is 5.92 Å². The van der Waals surface area contributed by atoms with E-state index in [1.54, 1.807) is 12.1 Å². The minimum atomic E-state index is -0.730. The maximum Gasteiger partial charge on any atom is 0.326 e. The van der Waals surface area contributed by atoms with Gasteiger partial charge in [0.1, 0.15) is 11.4 Å². The van der Waals surface area contributed by atoms with Crippen molar-refractivity contribution < 1.29 is 18.8 Å². The highest BCUT2D eigenvalue weighted by Gasteiger charge is 2.55. The first-order valence-corrected chi connectivity index (χ1v) is 11.0. The standard InChI is InChI=1S/C22H30FN5O3/c1-16-5-2-3-8-22(16)20(30)28(21(31)25-22)15-27-11-9-26(10-12-27)14-19(29)24-18-7-4-6-17(23)13-18/h4,6-7,13,16H,2-3,5,8-12,14-15H2,1H3,(H,24,29)(H,25,31). The molecule has 2 aliphatic heterocycles. The number of rotatable bonds is 5. The van der Waals surface area contributed by atoms with E-state index in [-0.39, 0.29) is 37.0 Å². The Morgan fingerprint density at radius 3 is 2.65 bits per heavy atom. The number of amides is 4. The molecule has 4 amide bonds. The van der Waals surface area contributed by atoms with Crippen LogP contribution in [-0.2, 0) is 9.59 Å². The normalized spacial score (nSPS) is 27.5. The number of carbonyl (C=O) groups excluding carboxylic acids is 3. The zero-order valence-corrected chi connectivity index (χ0v) is 17.9. The van der Waals surface area contributed by atoms with Gasteiger partial charge in [-0.2, -0.15) is 0 Å². The van der Waals surface area contributed by atoms with Crippen molar-refractivity contribution in [1.29, 1.82) is 0 Å². The van der Waals surface area contributed by atoms with Gasteiger partial charge in [-0.3, -0.25) is 19.4 Å². The number of hydrogen-bond acceptors (Lipinski definition) is 5. The number of hydrogen-bond donors (Lipinski definition) is 2. The Balaban J connectivity index is 1.26. The van der Waals surface area contributed by atoms with Gasteiger partial charge in [0, 0.05) is 31.9 Å². The summed E-state index contributed by atoms with van der Waals surface area (Å²) in [4.78, 5) is 43.4. The molecule has 9 heteroatoms. The molecule has 1 spiro atoms. The molecule has 0 bridgehead atoms. The van der Waals surface area contributed by atoms with E-state index in [1.165, 1.54) is 17.0 Å². The summed E-state index contributed by atoms with van der Waals surface area (Å²) in [7, 11) is 0. The SMILES string of the molecule is CC1CCCCC12NC(=O)N(CN1CCN(CC(=O)Nc3cccc(F)c3)CC1)C2=O. The van der Waals surface area contributed by atoms with E-state index in [2.05, 4.69) is 22.5 Å². The maximum atomic E-state index is 13.3. The predicted molar refractivity (Wildman–Crippen MR) is 114 cm³/mol. The van der Waals surface area contributed by atoms with Gasteiger partial charge in [0.05, 0.1) is 13.2 Å². The molecule has 3 aliphatic rings. The van der Waals surface area contributed by atoms with E-state index in [9.17, 15) is 18.8 Å². The summed E-state index contributed by atoms with van der Waals surface area (Å²) in [5.74, 6) is -0.532. The number of imide groups is 1. The maximum absolute atomic E-state index is 13.3. The highest BCUT2D eigenvalue weighted by Crippen LogP contribution is 2.38. The van der Waals surface area contributed by atoms with Crippen LogP contribution < -0.4 is 10.6 Å². The molecule has 1 aromatic carbocycles. The molecule has 1 saturated carbocycles. The second-order valence-corrected chi connectivity index (χ2v) is 8.88. The predicted octanol–water partition coefficient (Wildman–Crippen LogP) is 1.84. The topological polar surface area (TPSA) is 85.0 Å². The van der Waals surface area contributed by atoms with E-state index < -0.39 is 11.4 Å². The lowest BCUT2D eigenvalue weighted by molar-refractivity contribution is -0.136. The zero-order valence-electron chi connectivity index (χ0n) is 17.9. The molecule has 4 rings (SSSR count). The first-order valence-electron chi connectivity index (χ1n) is 11.0. The van der Waals surface area contributed by atoms with Crippen molar-refractivity contribution in [2.75, 3.05) is 44.7 Å². The highest BCUT2D eigenvalue weighted by atomic mass is 19.1. The Morgan fingerprint density at radius 1 is 1.19 bits per heavy atom. The van der Waals surface area contributed by atoms with Crippen molar-refractivity contribution in [3.63, 3.8) is 0 Å². The third-order valence-electron chi connectivity index (χ3n) is 6.78. The van der Waals surface area contributed by atoms with Gasteiger partial charge in [-0.05, 0) is 37.0 Å². The van der Waals surface area contributed by atoms with Crippen LogP contribution in [0.5, 0.6) is 0 Å². The number of nitrogens with one attached hydrogen (secondary N) is 2. The zero-order chi connectivity index (χ0) is 22.0. The van der Waals surface area contributed by atoms with Crippen LogP contribution in [0.4, 0.5) is 14.9 Å². The molecule has 168 valence electrons. The van der Waals surface area contributed by atoms with Crippen LogP contribution in [-0.4, -0.2) is 77.5 Å². The Bertz CT molecular complexity index is 857. The van der Waals surface area contributed by atoms with Gasteiger partial charge in [-0.15, -0.1) is 0 Å². The summed E-state index contributed by atoms with van der Waals surface area (Å²) < 4.78 is 13.3. The van der Waals surface area contributed by atoms with Gasteiger partial charge < -0.3 is 10.6 Å². The Hall–Kier alpha value is -2.52. The highest BCUT2D eigenvalue weighted by molar-refractivity contribution is 6.07. The first kappa shape index (κ1) is 21.7. The van der Waals surface area contributed by atoms with Gasteiger partial charge >= 0.3 is 6.03 Å². The molecule has 2 unspecified atom stereocenters. The van der Waals surface area contributed by atoms with E-state index in [0.29, 0.717) is 38.3 Å². The molecular formula is C22H30FN5O3. The largest absolute Gasteiger partial charge is 0.326 e. The van der Waals surface area contributed by atoms with E-state index in [0.717, 1.165) is 19.3 Å². The number of halogens is 1. The molecule has 0 aromatic heterocycles. The molecule has 2 heterocycles. The average Bonchev–Trinajstić information content (AvgIpc) is 2.96. The third-order valence-corrected chi connectivity index (χ3v) is 6.78. The van der Waals surface area contributed by atoms with Crippen LogP contribution in [0.2, 0.25) is 0 Å². The lowest BCUT2D eigenvalue weighted by atomic mass is 9.73. The summed E-state index contributed by atoms with van der Waals surface area (Å²) in [6.07, 6.45) is 3.72. The molecule has 8 nitrogen and oxygen atoms in total. The van der Waals surface area contributed by atoms with Gasteiger partial charge in [0.15, 0.2) is 0 Å². The average molecular weight is 432 g/mol. The summed E-state index contributed by atoms with van der Waals surface area (Å²) in [6.45, 7) is 5.17. The number of nitrogens with zero attached hydrogens (tertiary/aromatic N) is 3. The van der Waals surface area contributed by atoms with Crippen molar-refractivity contribution in [2.45, 2.75) is 38.1 Å². The van der Waals surface area contributed by atoms with Crippen LogP contribution in [0.3, 0.4) is 0 Å². The van der Waals surface area contributed by atoms with Crippen molar-refractivity contribution in [3.8, 4) is 0 Å². The number of anilines is 1. The quantitative estimate of drug-likeness (QED) is 0.695. The summed E-state index contributed by atoms with van der Waals surface area (Å²) in [5, 5.41) is 5.70. The first-order chi connectivity index (χ1) is 14.9. The van der Waals surface area contributed by atoms with Crippen molar-refractivity contribution in [1.82, 2.24) is 20.0 Å². The minimum absolute atomic E-state index is 0.0957. The molecule has 1 aliphatic carbocycles. The molecule has 1 aromatic rings. The molecule has 0 radical (unpaired) electrons. The van der Waals surface area contributed by atoms with Crippen molar-refractivity contribution in [3.05, 3.63) is 30.1 Å². The van der Waals surface area contributed by atoms with Gasteiger partial charge in [-0.25, -0.2) is 14.1 Å². The number of urea groups is 1. The van der Waals surface area contributed by atoms with E-state index in [4.69, 9.17) is 0 Å². The number of benzene rings is 1. The van der Waals surface area contributed by atoms with Crippen LogP contribution in [0.15, 0.2) is 24.3 Å². The molecule has 2 saturated heterocycles. The van der Waals surface area contributed by atoms with Crippen LogP contribution in [0.25, 0.3) is 0 Å². The van der Waals surface area contributed by atoms with Crippen LogP contribution in [0.1, 0.15) is 32.6 Å². The lowest BCUT2D eigenvalue weighted by Gasteiger charge is -2.38. The number of carbonyl (C=O) groups is 3. The van der Waals surface area contributed by atoms with E-state index >= 15 is 0 Å². The third kappa shape index (κ3) is 4.57. The molecule has 31 heavy (non-hydrogen) atoms. The summed E-state index contributed by atoms with van der Waals surface area (Å²) >= 11 is 0. The number of piperazine rings is 1. The van der Waals surface area contributed by atoms with Crippen molar-refractivity contribution >= 4 is 23.5 Å². The lowest BCUT2D eigenvalue weighted by Crippen LogP contribution is -2.55. The summed E-state index contributed by atoms with van der Waals surface area (Å²) in [5.41, 5.74) is -0.292.